The summed E-state index contributed by atoms with van der Waals surface area (Å²) >= 11 is 0. The van der Waals surface area contributed by atoms with Gasteiger partial charge in [0, 0.05) is 32.2 Å². The van der Waals surface area contributed by atoms with Gasteiger partial charge in [0.15, 0.2) is 11.6 Å². The van der Waals surface area contributed by atoms with Crippen LogP contribution < -0.4 is 10.6 Å². The summed E-state index contributed by atoms with van der Waals surface area (Å²) in [5, 5.41) is 6.01. The van der Waals surface area contributed by atoms with Crippen LogP contribution in [0, 0.1) is 11.6 Å². The molecule has 1 saturated heterocycles. The highest BCUT2D eigenvalue weighted by Gasteiger charge is 2.32. The predicted molar refractivity (Wildman–Crippen MR) is 76.8 cm³/mol. The van der Waals surface area contributed by atoms with E-state index in [2.05, 4.69) is 10.6 Å². The Morgan fingerprint density at radius 3 is 2.90 bits per heavy atom. The van der Waals surface area contributed by atoms with Crippen molar-refractivity contribution in [2.75, 3.05) is 26.2 Å². The zero-order chi connectivity index (χ0) is 15.4. The molecule has 0 saturated carbocycles. The van der Waals surface area contributed by atoms with Crippen LogP contribution in [0.15, 0.2) is 18.2 Å². The van der Waals surface area contributed by atoms with Gasteiger partial charge in [0.1, 0.15) is 6.04 Å². The van der Waals surface area contributed by atoms with Crippen molar-refractivity contribution in [1.82, 2.24) is 15.5 Å². The van der Waals surface area contributed by atoms with E-state index in [9.17, 15) is 13.6 Å². The van der Waals surface area contributed by atoms with Crippen LogP contribution in [0.5, 0.6) is 0 Å². The fourth-order valence-corrected chi connectivity index (χ4v) is 2.68. The lowest BCUT2D eigenvalue weighted by molar-refractivity contribution is -0.128. The lowest BCUT2D eigenvalue weighted by Crippen LogP contribution is -2.58. The van der Waals surface area contributed by atoms with Crippen LogP contribution in [0.2, 0.25) is 0 Å². The van der Waals surface area contributed by atoms with Gasteiger partial charge in [0.2, 0.25) is 5.91 Å². The summed E-state index contributed by atoms with van der Waals surface area (Å²) < 4.78 is 26.4. The number of amides is 1. The van der Waals surface area contributed by atoms with Crippen molar-refractivity contribution in [2.24, 2.45) is 0 Å². The number of halogens is 2. The van der Waals surface area contributed by atoms with Crippen molar-refractivity contribution in [3.8, 4) is 0 Å². The van der Waals surface area contributed by atoms with Gasteiger partial charge in [-0.25, -0.2) is 8.78 Å². The van der Waals surface area contributed by atoms with Crippen molar-refractivity contribution in [2.45, 2.75) is 25.9 Å². The molecule has 4 nitrogen and oxygen atoms in total. The first-order chi connectivity index (χ1) is 10.0. The van der Waals surface area contributed by atoms with E-state index in [4.69, 9.17) is 0 Å². The van der Waals surface area contributed by atoms with E-state index in [0.29, 0.717) is 25.2 Å². The molecule has 0 bridgehead atoms. The van der Waals surface area contributed by atoms with E-state index >= 15 is 0 Å². The molecule has 1 aliphatic heterocycles. The van der Waals surface area contributed by atoms with Gasteiger partial charge in [0.25, 0.3) is 0 Å². The molecule has 2 unspecified atom stereocenters. The van der Waals surface area contributed by atoms with Gasteiger partial charge >= 0.3 is 0 Å². The number of nitrogens with one attached hydrogen (secondary N) is 2. The minimum absolute atomic E-state index is 0.0425. The normalized spacial score (nSPS) is 21.0. The number of carbonyl (C=O) groups excluding carboxylic acids is 1. The third kappa shape index (κ3) is 3.57. The van der Waals surface area contributed by atoms with Gasteiger partial charge in [-0.05, 0) is 31.5 Å². The molecule has 2 atom stereocenters. The SMILES string of the molecule is CCNC(=O)C1CNCCN1C(C)c1ccc(F)c(F)c1. The van der Waals surface area contributed by atoms with Crippen molar-refractivity contribution in [3.05, 3.63) is 35.4 Å². The third-order valence-corrected chi connectivity index (χ3v) is 3.86. The fraction of sp³-hybridized carbons (Fsp3) is 0.533. The predicted octanol–water partition coefficient (Wildman–Crippen LogP) is 1.44. The maximum atomic E-state index is 13.4. The molecule has 1 aromatic carbocycles. The topological polar surface area (TPSA) is 44.4 Å². The first-order valence-corrected chi connectivity index (χ1v) is 7.23. The van der Waals surface area contributed by atoms with E-state index in [1.807, 2.05) is 18.7 Å². The van der Waals surface area contributed by atoms with Crippen LogP contribution in [0.4, 0.5) is 8.78 Å². The zero-order valence-electron chi connectivity index (χ0n) is 12.3. The molecule has 1 fully saturated rings. The van der Waals surface area contributed by atoms with E-state index in [0.717, 1.165) is 12.6 Å². The van der Waals surface area contributed by atoms with Gasteiger partial charge in [-0.3, -0.25) is 9.69 Å². The van der Waals surface area contributed by atoms with E-state index in [1.54, 1.807) is 6.07 Å². The largest absolute Gasteiger partial charge is 0.355 e. The molecule has 2 rings (SSSR count). The van der Waals surface area contributed by atoms with Crippen LogP contribution in [-0.4, -0.2) is 43.0 Å². The molecule has 21 heavy (non-hydrogen) atoms. The monoisotopic (exact) mass is 297 g/mol. The fourth-order valence-electron chi connectivity index (χ4n) is 2.68. The number of nitrogens with zero attached hydrogens (tertiary/aromatic N) is 1. The standard InChI is InChI=1S/C15H21F2N3O/c1-3-19-15(21)14-9-18-6-7-20(14)10(2)11-4-5-12(16)13(17)8-11/h4-5,8,10,14,18H,3,6-7,9H2,1-2H3,(H,19,21). The van der Waals surface area contributed by atoms with Crippen molar-refractivity contribution in [1.29, 1.82) is 0 Å². The summed E-state index contributed by atoms with van der Waals surface area (Å²) in [6.45, 7) is 6.36. The van der Waals surface area contributed by atoms with Crippen LogP contribution in [0.25, 0.3) is 0 Å². The van der Waals surface area contributed by atoms with Gasteiger partial charge in [-0.1, -0.05) is 6.07 Å². The lowest BCUT2D eigenvalue weighted by Gasteiger charge is -2.39. The van der Waals surface area contributed by atoms with Crippen LogP contribution >= 0.6 is 0 Å². The van der Waals surface area contributed by atoms with Crippen molar-refractivity contribution >= 4 is 5.91 Å². The second-order valence-electron chi connectivity index (χ2n) is 5.20. The van der Waals surface area contributed by atoms with Crippen LogP contribution in [0.3, 0.4) is 0 Å². The Kier molecular flexibility index (Phi) is 5.25. The molecule has 2 N–H and O–H groups in total. The quantitative estimate of drug-likeness (QED) is 0.884. The van der Waals surface area contributed by atoms with Crippen LogP contribution in [-0.2, 0) is 4.79 Å². The Morgan fingerprint density at radius 2 is 2.24 bits per heavy atom. The lowest BCUT2D eigenvalue weighted by atomic mass is 10.0. The van der Waals surface area contributed by atoms with Crippen molar-refractivity contribution in [3.63, 3.8) is 0 Å². The minimum Gasteiger partial charge on any atom is -0.355 e. The Hall–Kier alpha value is -1.53. The number of piperazine rings is 1. The zero-order valence-corrected chi connectivity index (χ0v) is 12.3. The molecule has 0 radical (unpaired) electrons. The number of benzene rings is 1. The smallest absolute Gasteiger partial charge is 0.238 e. The number of carbonyl (C=O) groups is 1. The average Bonchev–Trinajstić information content (AvgIpc) is 2.49. The number of hydrogen-bond acceptors (Lipinski definition) is 3. The van der Waals surface area contributed by atoms with Gasteiger partial charge in [-0.15, -0.1) is 0 Å². The Labute approximate surface area is 123 Å². The second kappa shape index (κ2) is 6.95. The van der Waals surface area contributed by atoms with E-state index in [-0.39, 0.29) is 18.0 Å². The highest BCUT2D eigenvalue weighted by atomic mass is 19.2. The maximum absolute atomic E-state index is 13.4. The molecule has 1 heterocycles. The van der Waals surface area contributed by atoms with Gasteiger partial charge in [-0.2, -0.15) is 0 Å². The highest BCUT2D eigenvalue weighted by molar-refractivity contribution is 5.82. The molecule has 0 aromatic heterocycles. The average molecular weight is 297 g/mol. The first-order valence-electron chi connectivity index (χ1n) is 7.23. The molecular weight excluding hydrogens is 276 g/mol. The number of hydrogen-bond donors (Lipinski definition) is 2. The van der Waals surface area contributed by atoms with Crippen LogP contribution in [0.1, 0.15) is 25.5 Å². The van der Waals surface area contributed by atoms with Crippen molar-refractivity contribution < 1.29 is 13.6 Å². The molecule has 6 heteroatoms. The number of rotatable bonds is 4. The van der Waals surface area contributed by atoms with E-state index < -0.39 is 11.6 Å². The molecule has 1 aliphatic rings. The molecule has 0 aliphatic carbocycles. The summed E-state index contributed by atoms with van der Waals surface area (Å²) in [5.74, 6) is -1.75. The van der Waals surface area contributed by atoms with E-state index in [1.165, 1.54) is 6.07 Å². The summed E-state index contributed by atoms with van der Waals surface area (Å²) in [4.78, 5) is 14.2. The third-order valence-electron chi connectivity index (χ3n) is 3.86. The Morgan fingerprint density at radius 1 is 1.48 bits per heavy atom. The molecule has 1 aromatic rings. The highest BCUT2D eigenvalue weighted by Crippen LogP contribution is 2.24. The van der Waals surface area contributed by atoms with Gasteiger partial charge in [0.05, 0.1) is 0 Å². The second-order valence-corrected chi connectivity index (χ2v) is 5.20. The number of likely N-dealkylation sites (N-methyl/N-ethyl adjacent to an activating group) is 1. The summed E-state index contributed by atoms with van der Waals surface area (Å²) in [7, 11) is 0. The van der Waals surface area contributed by atoms with Gasteiger partial charge < -0.3 is 10.6 Å². The summed E-state index contributed by atoms with van der Waals surface area (Å²) in [6, 6.07) is 3.44. The summed E-state index contributed by atoms with van der Waals surface area (Å²) in [5.41, 5.74) is 0.671. The Bertz CT molecular complexity index is 510. The molecule has 1 amide bonds. The summed E-state index contributed by atoms with van der Waals surface area (Å²) in [6.07, 6.45) is 0. The Balaban J connectivity index is 2.19. The maximum Gasteiger partial charge on any atom is 0.238 e. The first kappa shape index (κ1) is 15.9. The molecule has 116 valence electrons. The minimum atomic E-state index is -0.857. The molecule has 0 spiro atoms. The molecular formula is C15H21F2N3O.